The Hall–Kier alpha value is -3.28. The van der Waals surface area contributed by atoms with Crippen LogP contribution in [0.5, 0.6) is 0 Å². The highest BCUT2D eigenvalue weighted by atomic mass is 19.4. The van der Waals surface area contributed by atoms with Gasteiger partial charge in [-0.2, -0.15) is 31.2 Å². The second-order valence-corrected chi connectivity index (χ2v) is 10.4. The van der Waals surface area contributed by atoms with E-state index in [2.05, 4.69) is 0 Å². The van der Waals surface area contributed by atoms with Gasteiger partial charge in [-0.3, -0.25) is 4.89 Å². The van der Waals surface area contributed by atoms with Crippen LogP contribution in [-0.4, -0.2) is 42.3 Å². The molecule has 1 saturated heterocycles. The van der Waals surface area contributed by atoms with Crippen LogP contribution in [0.25, 0.3) is 0 Å². The Balaban J connectivity index is 1.68. The zero-order valence-electron chi connectivity index (χ0n) is 21.6. The molecule has 0 bridgehead atoms. The van der Waals surface area contributed by atoms with Crippen molar-refractivity contribution in [2.24, 2.45) is 0 Å². The summed E-state index contributed by atoms with van der Waals surface area (Å²) >= 11 is 0. The van der Waals surface area contributed by atoms with Gasteiger partial charge >= 0.3 is 24.4 Å². The Morgan fingerprint density at radius 1 is 0.872 bits per heavy atom. The normalized spacial score (nSPS) is 16.1. The van der Waals surface area contributed by atoms with Gasteiger partial charge in [0.15, 0.2) is 0 Å². The lowest BCUT2D eigenvalue weighted by Gasteiger charge is -2.41. The van der Waals surface area contributed by atoms with E-state index in [0.717, 1.165) is 5.56 Å². The minimum atomic E-state index is -5.04. The van der Waals surface area contributed by atoms with Crippen molar-refractivity contribution in [3.05, 3.63) is 70.8 Å². The summed E-state index contributed by atoms with van der Waals surface area (Å²) in [6, 6.07) is 10.1. The summed E-state index contributed by atoms with van der Waals surface area (Å²) in [6.07, 6.45) is -10.5. The van der Waals surface area contributed by atoms with Crippen molar-refractivity contribution in [1.29, 1.82) is 0 Å². The summed E-state index contributed by atoms with van der Waals surface area (Å²) in [5.41, 5.74) is -4.05. The van der Waals surface area contributed by atoms with Crippen LogP contribution >= 0.6 is 0 Å². The average Bonchev–Trinajstić information content (AvgIpc) is 2.82. The lowest BCUT2D eigenvalue weighted by Crippen LogP contribution is -2.48. The average molecular weight is 562 g/mol. The molecule has 0 aliphatic carbocycles. The van der Waals surface area contributed by atoms with Gasteiger partial charge in [0.1, 0.15) is 12.2 Å². The number of piperidine rings is 1. The third kappa shape index (κ3) is 8.35. The molecule has 0 unspecified atom stereocenters. The highest BCUT2D eigenvalue weighted by molar-refractivity contribution is 5.72. The summed E-state index contributed by atoms with van der Waals surface area (Å²) in [7, 11) is 0. The number of ether oxygens (including phenoxy) is 1. The number of alkyl halides is 6. The predicted molar refractivity (Wildman–Crippen MR) is 127 cm³/mol. The van der Waals surface area contributed by atoms with Gasteiger partial charge in [0, 0.05) is 18.5 Å². The third-order valence-electron chi connectivity index (χ3n) is 6.24. The van der Waals surface area contributed by atoms with E-state index < -0.39 is 58.5 Å². The maximum Gasteiger partial charge on any atom is 0.416 e. The molecule has 12 heteroatoms. The summed E-state index contributed by atoms with van der Waals surface area (Å²) < 4.78 is 84.0. The third-order valence-corrected chi connectivity index (χ3v) is 6.24. The number of rotatable bonds is 6. The molecule has 0 saturated carbocycles. The van der Waals surface area contributed by atoms with Crippen molar-refractivity contribution < 1.29 is 50.4 Å². The van der Waals surface area contributed by atoms with Crippen molar-refractivity contribution in [2.75, 3.05) is 19.7 Å². The first-order valence-corrected chi connectivity index (χ1v) is 12.1. The molecule has 39 heavy (non-hydrogen) atoms. The molecule has 2 aromatic carbocycles. The first kappa shape index (κ1) is 30.3. The second kappa shape index (κ2) is 11.4. The topological polar surface area (TPSA) is 65.1 Å². The van der Waals surface area contributed by atoms with Gasteiger partial charge in [0.05, 0.1) is 17.5 Å². The Kier molecular flexibility index (Phi) is 8.88. The lowest BCUT2D eigenvalue weighted by molar-refractivity contribution is -0.281. The highest BCUT2D eigenvalue weighted by Crippen LogP contribution is 2.38. The quantitative estimate of drug-likeness (QED) is 0.223. The van der Waals surface area contributed by atoms with E-state index >= 15 is 0 Å². The monoisotopic (exact) mass is 561 g/mol. The van der Waals surface area contributed by atoms with Crippen molar-refractivity contribution >= 4 is 12.1 Å². The largest absolute Gasteiger partial charge is 0.444 e. The zero-order valence-corrected chi connectivity index (χ0v) is 21.6. The molecule has 6 nitrogen and oxygen atoms in total. The summed E-state index contributed by atoms with van der Waals surface area (Å²) in [4.78, 5) is 36.3. The summed E-state index contributed by atoms with van der Waals surface area (Å²) in [5.74, 6) is -1.16. The molecule has 1 fully saturated rings. The van der Waals surface area contributed by atoms with Gasteiger partial charge in [0.2, 0.25) is 0 Å². The number of amides is 1. The second-order valence-electron chi connectivity index (χ2n) is 10.4. The maximum atomic E-state index is 13.1. The fourth-order valence-electron chi connectivity index (χ4n) is 4.28. The standard InChI is InChI=1S/C27H29F6NO5/c1-24(2,3)38-23(36)34-11-9-25(10-12-34,19-7-5-4-6-8-19)17-37-39-22(35)15-18-13-20(26(28,29)30)16-21(14-18)27(31,32)33/h4-8,13-14,16H,9-12,15,17H2,1-3H3. The van der Waals surface area contributed by atoms with Gasteiger partial charge in [-0.15, -0.1) is 0 Å². The van der Waals surface area contributed by atoms with E-state index in [1.54, 1.807) is 25.7 Å². The number of nitrogens with zero attached hydrogens (tertiary/aromatic N) is 1. The van der Waals surface area contributed by atoms with Crippen LogP contribution in [-0.2, 0) is 43.5 Å². The number of halogens is 6. The van der Waals surface area contributed by atoms with Gasteiger partial charge in [-0.1, -0.05) is 30.3 Å². The minimum absolute atomic E-state index is 0.0153. The van der Waals surface area contributed by atoms with Crippen LogP contribution in [0.4, 0.5) is 31.1 Å². The zero-order chi connectivity index (χ0) is 29.1. The van der Waals surface area contributed by atoms with E-state index in [9.17, 15) is 35.9 Å². The van der Waals surface area contributed by atoms with Gasteiger partial charge < -0.3 is 9.64 Å². The first-order valence-electron chi connectivity index (χ1n) is 12.1. The Bertz CT molecular complexity index is 1120. The number of hydrogen-bond acceptors (Lipinski definition) is 5. The molecule has 214 valence electrons. The number of carbonyl (C=O) groups is 2. The van der Waals surface area contributed by atoms with Crippen molar-refractivity contribution in [3.8, 4) is 0 Å². The molecule has 0 N–H and O–H groups in total. The summed E-state index contributed by atoms with van der Waals surface area (Å²) in [6.45, 7) is 5.79. The van der Waals surface area contributed by atoms with Crippen LogP contribution in [0.1, 0.15) is 55.9 Å². The molecule has 1 aliphatic heterocycles. The smallest absolute Gasteiger partial charge is 0.416 e. The molecular formula is C27H29F6NO5. The molecule has 0 atom stereocenters. The van der Waals surface area contributed by atoms with Crippen molar-refractivity contribution in [1.82, 2.24) is 4.90 Å². The van der Waals surface area contributed by atoms with Gasteiger partial charge in [-0.25, -0.2) is 9.59 Å². The summed E-state index contributed by atoms with van der Waals surface area (Å²) in [5, 5.41) is 0. The number of likely N-dealkylation sites (tertiary alicyclic amines) is 1. The first-order chi connectivity index (χ1) is 18.0. The van der Waals surface area contributed by atoms with Crippen LogP contribution in [0.3, 0.4) is 0 Å². The molecule has 0 aromatic heterocycles. The van der Waals surface area contributed by atoms with E-state index in [1.165, 1.54) is 0 Å². The van der Waals surface area contributed by atoms with Crippen LogP contribution in [0, 0.1) is 0 Å². The molecular weight excluding hydrogens is 532 g/mol. The van der Waals surface area contributed by atoms with Gasteiger partial charge in [0.25, 0.3) is 0 Å². The SMILES string of the molecule is CC(C)(C)OC(=O)N1CCC(COOC(=O)Cc2cc(C(F)(F)F)cc(C(F)(F)F)c2)(c2ccccc2)CC1. The van der Waals surface area contributed by atoms with Crippen molar-refractivity contribution in [3.63, 3.8) is 0 Å². The van der Waals surface area contributed by atoms with E-state index in [0.29, 0.717) is 38.1 Å². The highest BCUT2D eigenvalue weighted by Gasteiger charge is 2.40. The lowest BCUT2D eigenvalue weighted by atomic mass is 9.73. The Labute approximate surface area is 221 Å². The van der Waals surface area contributed by atoms with E-state index in [4.69, 9.17) is 14.5 Å². The number of benzene rings is 2. The van der Waals surface area contributed by atoms with Gasteiger partial charge in [-0.05, 0) is 62.9 Å². The fraction of sp³-hybridized carbons (Fsp3) is 0.481. The molecule has 0 radical (unpaired) electrons. The van der Waals surface area contributed by atoms with Crippen LogP contribution < -0.4 is 0 Å². The van der Waals surface area contributed by atoms with Crippen LogP contribution in [0.15, 0.2) is 48.5 Å². The number of hydrogen-bond donors (Lipinski definition) is 0. The van der Waals surface area contributed by atoms with E-state index in [-0.39, 0.29) is 12.7 Å². The van der Waals surface area contributed by atoms with Crippen LogP contribution in [0.2, 0.25) is 0 Å². The fourth-order valence-corrected chi connectivity index (χ4v) is 4.28. The predicted octanol–water partition coefficient (Wildman–Crippen LogP) is 6.71. The molecule has 1 amide bonds. The molecule has 2 aromatic rings. The number of carbonyl (C=O) groups excluding carboxylic acids is 2. The Morgan fingerprint density at radius 2 is 1.41 bits per heavy atom. The molecule has 0 spiro atoms. The molecule has 1 heterocycles. The molecule has 1 aliphatic rings. The van der Waals surface area contributed by atoms with E-state index in [1.807, 2.05) is 30.3 Å². The van der Waals surface area contributed by atoms with Crippen molar-refractivity contribution in [2.45, 2.75) is 63.4 Å². The maximum absolute atomic E-state index is 13.1. The molecule has 3 rings (SSSR count). The Morgan fingerprint density at radius 3 is 1.90 bits per heavy atom. The minimum Gasteiger partial charge on any atom is -0.444 e.